The number of aromatic nitrogens is 1. The van der Waals surface area contributed by atoms with Gasteiger partial charge in [0.05, 0.1) is 15.5 Å². The lowest BCUT2D eigenvalue weighted by Crippen LogP contribution is -2.18. The summed E-state index contributed by atoms with van der Waals surface area (Å²) in [6.45, 7) is 5.18. The van der Waals surface area contributed by atoms with E-state index in [0.717, 1.165) is 13.0 Å². The Morgan fingerprint density at radius 2 is 1.81 bits per heavy atom. The van der Waals surface area contributed by atoms with Gasteiger partial charge in [-0.3, -0.25) is 9.78 Å². The third kappa shape index (κ3) is 4.59. The van der Waals surface area contributed by atoms with E-state index >= 15 is 4.39 Å². The largest absolute Gasteiger partial charge is 0.432 e. The average Bonchev–Trinajstić information content (AvgIpc) is 2.91. The van der Waals surface area contributed by atoms with Crippen molar-refractivity contribution in [2.24, 2.45) is 0 Å². The maximum Gasteiger partial charge on any atom is 0.432 e. The average molecular weight is 501 g/mol. The van der Waals surface area contributed by atoms with Crippen molar-refractivity contribution in [2.45, 2.75) is 45.8 Å². The monoisotopic (exact) mass is 499 g/mol. The van der Waals surface area contributed by atoms with Crippen molar-refractivity contribution in [3.8, 4) is 29.2 Å². The van der Waals surface area contributed by atoms with Crippen LogP contribution in [0.25, 0.3) is 11.1 Å². The number of benzene rings is 1. The Kier molecular flexibility index (Phi) is 7.16. The van der Waals surface area contributed by atoms with Gasteiger partial charge in [0, 0.05) is 30.2 Å². The van der Waals surface area contributed by atoms with Gasteiger partial charge in [0.15, 0.2) is 5.75 Å². The molecule has 0 aliphatic heterocycles. The molecule has 1 aromatic carbocycles. The highest BCUT2D eigenvalue weighted by atomic mass is 35.5. The SMILES string of the molecule is C#CC(C)(C)c1c(F)c(-c2c(Cl)c(C(F)(F)F)n(CC)c2Cl)cc(OOC(C)=O)c1Cl. The van der Waals surface area contributed by atoms with Crippen molar-refractivity contribution >= 4 is 40.8 Å². The predicted octanol–water partition coefficient (Wildman–Crippen LogP) is 7.06. The number of halogens is 7. The predicted molar refractivity (Wildman–Crippen MR) is 110 cm³/mol. The molecule has 0 amide bonds. The molecule has 4 nitrogen and oxygen atoms in total. The molecule has 1 heterocycles. The van der Waals surface area contributed by atoms with Crippen LogP contribution < -0.4 is 4.89 Å². The van der Waals surface area contributed by atoms with Gasteiger partial charge >= 0.3 is 12.1 Å². The van der Waals surface area contributed by atoms with Crippen molar-refractivity contribution in [1.29, 1.82) is 0 Å². The highest BCUT2D eigenvalue weighted by Crippen LogP contribution is 2.50. The van der Waals surface area contributed by atoms with E-state index < -0.39 is 50.4 Å². The third-order valence-corrected chi connectivity index (χ3v) is 5.53. The molecular weight excluding hydrogens is 485 g/mol. The van der Waals surface area contributed by atoms with Gasteiger partial charge in [0.1, 0.15) is 16.7 Å². The highest BCUT2D eigenvalue weighted by Gasteiger charge is 2.41. The maximum absolute atomic E-state index is 15.6. The Hall–Kier alpha value is -2.08. The first-order chi connectivity index (χ1) is 14.2. The molecule has 0 atom stereocenters. The fraction of sp³-hybridized carbons (Fsp3) is 0.350. The van der Waals surface area contributed by atoms with E-state index in [1.54, 1.807) is 0 Å². The standard InChI is InChI=1S/C20H16Cl3F4NO3/c1-6-19(4,5)13-14(21)11(31-30-9(3)29)8-10(16(13)24)12-15(22)17(20(25,26)27)28(7-2)18(12)23/h1,8H,7H2,2-5H3. The van der Waals surface area contributed by atoms with E-state index in [9.17, 15) is 18.0 Å². The van der Waals surface area contributed by atoms with Gasteiger partial charge in [-0.15, -0.1) is 6.42 Å². The third-order valence-electron chi connectivity index (χ3n) is 4.40. The van der Waals surface area contributed by atoms with Gasteiger partial charge in [0.2, 0.25) is 0 Å². The molecule has 2 aromatic rings. The highest BCUT2D eigenvalue weighted by molar-refractivity contribution is 6.40. The zero-order chi connectivity index (χ0) is 23.9. The lowest BCUT2D eigenvalue weighted by molar-refractivity contribution is -0.210. The summed E-state index contributed by atoms with van der Waals surface area (Å²) in [5, 5.41) is -1.60. The lowest BCUT2D eigenvalue weighted by atomic mass is 9.83. The fourth-order valence-electron chi connectivity index (χ4n) is 2.94. The second kappa shape index (κ2) is 8.81. The maximum atomic E-state index is 15.6. The van der Waals surface area contributed by atoms with Crippen molar-refractivity contribution < 1.29 is 32.1 Å². The number of terminal acetylenes is 1. The number of hydrogen-bond acceptors (Lipinski definition) is 3. The van der Waals surface area contributed by atoms with E-state index in [1.165, 1.54) is 20.8 Å². The molecule has 0 saturated heterocycles. The van der Waals surface area contributed by atoms with Crippen LogP contribution in [0.1, 0.15) is 39.0 Å². The minimum Gasteiger partial charge on any atom is -0.327 e. The van der Waals surface area contributed by atoms with E-state index in [4.69, 9.17) is 46.1 Å². The van der Waals surface area contributed by atoms with E-state index in [0.29, 0.717) is 4.57 Å². The molecule has 0 fully saturated rings. The Morgan fingerprint density at radius 1 is 1.23 bits per heavy atom. The van der Waals surface area contributed by atoms with Crippen LogP contribution in [0.15, 0.2) is 6.07 Å². The van der Waals surface area contributed by atoms with Gasteiger partial charge in [-0.1, -0.05) is 40.7 Å². The van der Waals surface area contributed by atoms with Crippen LogP contribution in [0, 0.1) is 18.2 Å². The molecular formula is C20H16Cl3F4NO3. The summed E-state index contributed by atoms with van der Waals surface area (Å²) in [5.74, 6) is 0.0863. The molecule has 0 aliphatic rings. The van der Waals surface area contributed by atoms with Gasteiger partial charge in [-0.05, 0) is 26.8 Å². The van der Waals surface area contributed by atoms with Crippen LogP contribution in [-0.2, 0) is 27.8 Å². The quantitative estimate of drug-likeness (QED) is 0.191. The molecule has 0 unspecified atom stereocenters. The Labute approximate surface area is 190 Å². The van der Waals surface area contributed by atoms with Crippen molar-refractivity contribution in [1.82, 2.24) is 4.57 Å². The van der Waals surface area contributed by atoms with Crippen LogP contribution in [0.4, 0.5) is 17.6 Å². The zero-order valence-electron chi connectivity index (χ0n) is 16.7. The van der Waals surface area contributed by atoms with Crippen molar-refractivity contribution in [3.63, 3.8) is 0 Å². The first-order valence-corrected chi connectivity index (χ1v) is 9.82. The van der Waals surface area contributed by atoms with Crippen LogP contribution in [0.3, 0.4) is 0 Å². The van der Waals surface area contributed by atoms with Gasteiger partial charge in [-0.2, -0.15) is 13.2 Å². The minimum absolute atomic E-state index is 0.192. The first-order valence-electron chi connectivity index (χ1n) is 8.69. The number of carbonyl (C=O) groups excluding carboxylic acids is 1. The Balaban J connectivity index is 2.98. The Morgan fingerprint density at radius 3 is 2.23 bits per heavy atom. The first kappa shape index (κ1) is 25.2. The molecule has 0 radical (unpaired) electrons. The summed E-state index contributed by atoms with van der Waals surface area (Å²) in [6, 6.07) is 0.934. The number of carbonyl (C=O) groups is 1. The number of hydrogen-bond donors (Lipinski definition) is 0. The fourth-order valence-corrected chi connectivity index (χ4v) is 4.20. The summed E-state index contributed by atoms with van der Waals surface area (Å²) < 4.78 is 57.1. The smallest absolute Gasteiger partial charge is 0.327 e. The second-order valence-electron chi connectivity index (χ2n) is 6.92. The van der Waals surface area contributed by atoms with Crippen LogP contribution in [-0.4, -0.2) is 10.5 Å². The van der Waals surface area contributed by atoms with Gasteiger partial charge in [-0.25, -0.2) is 9.18 Å². The molecule has 0 saturated carbocycles. The molecule has 2 rings (SSSR count). The molecule has 0 aliphatic carbocycles. The molecule has 31 heavy (non-hydrogen) atoms. The van der Waals surface area contributed by atoms with E-state index in [1.807, 2.05) is 0 Å². The van der Waals surface area contributed by atoms with Crippen molar-refractivity contribution in [3.05, 3.63) is 38.3 Å². The Bertz CT molecular complexity index is 1090. The molecule has 11 heteroatoms. The lowest BCUT2D eigenvalue weighted by Gasteiger charge is -2.23. The number of alkyl halides is 3. The number of rotatable bonds is 5. The second-order valence-corrected chi connectivity index (χ2v) is 8.04. The number of nitrogens with zero attached hydrogens (tertiary/aromatic N) is 1. The van der Waals surface area contributed by atoms with E-state index in [-0.39, 0.29) is 22.9 Å². The summed E-state index contributed by atoms with van der Waals surface area (Å²) >= 11 is 18.4. The summed E-state index contributed by atoms with van der Waals surface area (Å²) in [7, 11) is 0. The van der Waals surface area contributed by atoms with Crippen LogP contribution in [0.2, 0.25) is 15.2 Å². The normalized spacial score (nSPS) is 11.9. The summed E-state index contributed by atoms with van der Waals surface area (Å²) in [5.41, 5.74) is -3.75. The van der Waals surface area contributed by atoms with Crippen LogP contribution in [0.5, 0.6) is 5.75 Å². The van der Waals surface area contributed by atoms with Crippen LogP contribution >= 0.6 is 34.8 Å². The van der Waals surface area contributed by atoms with E-state index in [2.05, 4.69) is 10.8 Å². The van der Waals surface area contributed by atoms with Crippen molar-refractivity contribution in [2.75, 3.05) is 0 Å². The van der Waals surface area contributed by atoms with Gasteiger partial charge in [0.25, 0.3) is 0 Å². The molecule has 0 N–H and O–H groups in total. The summed E-state index contributed by atoms with van der Waals surface area (Å²) in [6.07, 6.45) is 0.632. The minimum atomic E-state index is -4.87. The van der Waals surface area contributed by atoms with Gasteiger partial charge < -0.3 is 4.57 Å². The molecule has 0 spiro atoms. The zero-order valence-corrected chi connectivity index (χ0v) is 18.9. The molecule has 0 bridgehead atoms. The topological polar surface area (TPSA) is 40.5 Å². The summed E-state index contributed by atoms with van der Waals surface area (Å²) in [4.78, 5) is 20.5. The molecule has 168 valence electrons. The molecule has 1 aromatic heterocycles.